The van der Waals surface area contributed by atoms with Gasteiger partial charge < -0.3 is 5.32 Å². The Balaban J connectivity index is 1.82. The van der Waals surface area contributed by atoms with Crippen molar-refractivity contribution >= 4 is 5.91 Å². The third kappa shape index (κ3) is 2.69. The van der Waals surface area contributed by atoms with Gasteiger partial charge in [-0.25, -0.2) is 4.98 Å². The summed E-state index contributed by atoms with van der Waals surface area (Å²) in [6.45, 7) is 1.91. The van der Waals surface area contributed by atoms with Crippen molar-refractivity contribution in [2.75, 3.05) is 0 Å². The number of amides is 1. The second kappa shape index (κ2) is 5.62. The third-order valence-corrected chi connectivity index (χ3v) is 3.27. The van der Waals surface area contributed by atoms with Crippen molar-refractivity contribution in [2.24, 2.45) is 0 Å². The number of para-hydroxylation sites is 1. The highest BCUT2D eigenvalue weighted by Crippen LogP contribution is 2.13. The number of rotatable bonds is 4. The van der Waals surface area contributed by atoms with Crippen LogP contribution < -0.4 is 5.32 Å². The molecule has 0 saturated carbocycles. The van der Waals surface area contributed by atoms with Crippen LogP contribution in [0.4, 0.5) is 0 Å². The fourth-order valence-corrected chi connectivity index (χ4v) is 2.11. The smallest absolute Gasteiger partial charge is 0.270 e. The molecule has 0 radical (unpaired) electrons. The van der Waals surface area contributed by atoms with Crippen molar-refractivity contribution in [1.29, 1.82) is 0 Å². The van der Waals surface area contributed by atoms with Gasteiger partial charge >= 0.3 is 0 Å². The molecule has 1 amide bonds. The number of nitrogens with zero attached hydrogens (tertiary/aromatic N) is 3. The van der Waals surface area contributed by atoms with E-state index in [1.54, 1.807) is 29.5 Å². The predicted octanol–water partition coefficient (Wildman–Crippen LogP) is 2.09. The molecule has 0 saturated heterocycles. The summed E-state index contributed by atoms with van der Waals surface area (Å²) >= 11 is 0. The monoisotopic (exact) mass is 281 g/mol. The predicted molar refractivity (Wildman–Crippen MR) is 78.0 cm³/mol. The maximum absolute atomic E-state index is 12.4. The first-order chi connectivity index (χ1) is 10.3. The molecule has 1 atom stereocenters. The average molecular weight is 281 g/mol. The Hall–Kier alpha value is -2.89. The van der Waals surface area contributed by atoms with Crippen LogP contribution in [0, 0.1) is 0 Å². The van der Waals surface area contributed by atoms with Gasteiger partial charge in [0.25, 0.3) is 5.91 Å². The molecule has 0 aliphatic rings. The van der Waals surface area contributed by atoms with E-state index in [2.05, 4.69) is 20.5 Å². The van der Waals surface area contributed by atoms with Crippen molar-refractivity contribution in [3.05, 3.63) is 66.5 Å². The molecule has 6 heteroatoms. The Bertz CT molecular complexity index is 718. The lowest BCUT2D eigenvalue weighted by atomic mass is 10.2. The summed E-state index contributed by atoms with van der Waals surface area (Å²) in [4.78, 5) is 16.5. The van der Waals surface area contributed by atoms with E-state index in [1.165, 1.54) is 0 Å². The average Bonchev–Trinajstić information content (AvgIpc) is 3.19. The minimum absolute atomic E-state index is 0.129. The van der Waals surface area contributed by atoms with Crippen LogP contribution in [-0.4, -0.2) is 25.7 Å². The van der Waals surface area contributed by atoms with Gasteiger partial charge in [0.1, 0.15) is 5.69 Å². The number of carbonyl (C=O) groups is 1. The normalized spacial score (nSPS) is 12.0. The molecule has 3 rings (SSSR count). The van der Waals surface area contributed by atoms with Gasteiger partial charge in [-0.2, -0.15) is 5.10 Å². The maximum Gasteiger partial charge on any atom is 0.270 e. The Morgan fingerprint density at radius 1 is 1.29 bits per heavy atom. The highest BCUT2D eigenvalue weighted by Gasteiger charge is 2.16. The highest BCUT2D eigenvalue weighted by molar-refractivity contribution is 5.93. The van der Waals surface area contributed by atoms with Crippen LogP contribution in [0.1, 0.15) is 29.0 Å². The Labute approximate surface area is 121 Å². The highest BCUT2D eigenvalue weighted by atomic mass is 16.2. The minimum atomic E-state index is -0.176. The molecule has 0 bridgehead atoms. The lowest BCUT2D eigenvalue weighted by Crippen LogP contribution is -2.28. The first-order valence-corrected chi connectivity index (χ1v) is 6.63. The molecule has 0 fully saturated rings. The van der Waals surface area contributed by atoms with E-state index in [-0.39, 0.29) is 11.9 Å². The molecule has 106 valence electrons. The van der Waals surface area contributed by atoms with Crippen LogP contribution in [0.5, 0.6) is 0 Å². The molecule has 2 aromatic heterocycles. The van der Waals surface area contributed by atoms with E-state index in [0.717, 1.165) is 11.3 Å². The van der Waals surface area contributed by atoms with Crippen LogP contribution in [0.15, 0.2) is 55.2 Å². The molecule has 1 unspecified atom stereocenters. The Morgan fingerprint density at radius 2 is 2.10 bits per heavy atom. The maximum atomic E-state index is 12.4. The second-order valence-electron chi connectivity index (χ2n) is 4.71. The van der Waals surface area contributed by atoms with Gasteiger partial charge in [-0.15, -0.1) is 0 Å². The van der Waals surface area contributed by atoms with Crippen molar-refractivity contribution in [2.45, 2.75) is 13.0 Å². The van der Waals surface area contributed by atoms with Crippen LogP contribution in [0.2, 0.25) is 0 Å². The first-order valence-electron chi connectivity index (χ1n) is 6.63. The minimum Gasteiger partial charge on any atom is -0.344 e. The molecule has 0 spiro atoms. The topological polar surface area (TPSA) is 75.6 Å². The quantitative estimate of drug-likeness (QED) is 0.769. The second-order valence-corrected chi connectivity index (χ2v) is 4.71. The van der Waals surface area contributed by atoms with Gasteiger partial charge in [0.2, 0.25) is 0 Å². The van der Waals surface area contributed by atoms with E-state index in [1.807, 2.05) is 37.3 Å². The standard InChI is InChI=1S/C15H15N5O/c1-11(12-7-17-18-8-12)19-15(21)14-9-16-10-20(14)13-5-3-2-4-6-13/h2-11H,1H3,(H,17,18)(H,19,21). The zero-order valence-electron chi connectivity index (χ0n) is 11.5. The number of aromatic nitrogens is 4. The zero-order chi connectivity index (χ0) is 14.7. The summed E-state index contributed by atoms with van der Waals surface area (Å²) in [6, 6.07) is 9.50. The van der Waals surface area contributed by atoms with Crippen molar-refractivity contribution in [3.63, 3.8) is 0 Å². The number of nitrogens with one attached hydrogen (secondary N) is 2. The van der Waals surface area contributed by atoms with E-state index >= 15 is 0 Å². The number of imidazole rings is 1. The SMILES string of the molecule is CC(NC(=O)c1cncn1-c1ccccc1)c1cn[nH]c1. The van der Waals surface area contributed by atoms with Crippen LogP contribution in [0.25, 0.3) is 5.69 Å². The number of benzene rings is 1. The lowest BCUT2D eigenvalue weighted by molar-refractivity contribution is 0.0933. The molecule has 3 aromatic rings. The van der Waals surface area contributed by atoms with Gasteiger partial charge in [0, 0.05) is 17.4 Å². The van der Waals surface area contributed by atoms with Crippen LogP contribution >= 0.6 is 0 Å². The number of hydrogen-bond acceptors (Lipinski definition) is 3. The fraction of sp³-hybridized carbons (Fsp3) is 0.133. The molecule has 0 aliphatic heterocycles. The summed E-state index contributed by atoms with van der Waals surface area (Å²) in [5, 5.41) is 9.56. The largest absolute Gasteiger partial charge is 0.344 e. The molecule has 6 nitrogen and oxygen atoms in total. The van der Waals surface area contributed by atoms with E-state index in [9.17, 15) is 4.79 Å². The first kappa shape index (κ1) is 13.1. The summed E-state index contributed by atoms with van der Waals surface area (Å²) in [7, 11) is 0. The van der Waals surface area contributed by atoms with Crippen molar-refractivity contribution in [1.82, 2.24) is 25.1 Å². The number of hydrogen-bond donors (Lipinski definition) is 2. The summed E-state index contributed by atoms with van der Waals surface area (Å²) in [5.41, 5.74) is 2.32. The van der Waals surface area contributed by atoms with Gasteiger partial charge in [-0.05, 0) is 19.1 Å². The Morgan fingerprint density at radius 3 is 2.81 bits per heavy atom. The molecule has 21 heavy (non-hydrogen) atoms. The lowest BCUT2D eigenvalue weighted by Gasteiger charge is -2.13. The molecule has 0 aliphatic carbocycles. The molecular weight excluding hydrogens is 266 g/mol. The molecular formula is C15H15N5O. The Kier molecular flexibility index (Phi) is 3.51. The van der Waals surface area contributed by atoms with Crippen LogP contribution in [-0.2, 0) is 0 Å². The summed E-state index contributed by atoms with van der Waals surface area (Å²) in [5.74, 6) is -0.176. The van der Waals surface area contributed by atoms with Crippen molar-refractivity contribution < 1.29 is 4.79 Å². The van der Waals surface area contributed by atoms with Crippen LogP contribution in [0.3, 0.4) is 0 Å². The third-order valence-electron chi connectivity index (χ3n) is 3.27. The van der Waals surface area contributed by atoms with Gasteiger partial charge in [0.15, 0.2) is 0 Å². The van der Waals surface area contributed by atoms with Gasteiger partial charge in [0.05, 0.1) is 24.8 Å². The number of carbonyl (C=O) groups excluding carboxylic acids is 1. The number of H-pyrrole nitrogens is 1. The van der Waals surface area contributed by atoms with E-state index in [4.69, 9.17) is 0 Å². The number of aromatic amines is 1. The fourth-order valence-electron chi connectivity index (χ4n) is 2.11. The molecule has 2 heterocycles. The van der Waals surface area contributed by atoms with E-state index in [0.29, 0.717) is 5.69 Å². The summed E-state index contributed by atoms with van der Waals surface area (Å²) in [6.07, 6.45) is 6.65. The zero-order valence-corrected chi connectivity index (χ0v) is 11.5. The van der Waals surface area contributed by atoms with Gasteiger partial charge in [-0.3, -0.25) is 14.5 Å². The molecule has 1 aromatic carbocycles. The molecule has 2 N–H and O–H groups in total. The van der Waals surface area contributed by atoms with Crippen molar-refractivity contribution in [3.8, 4) is 5.69 Å². The van der Waals surface area contributed by atoms with E-state index < -0.39 is 0 Å². The van der Waals surface area contributed by atoms with Gasteiger partial charge in [-0.1, -0.05) is 18.2 Å². The summed E-state index contributed by atoms with van der Waals surface area (Å²) < 4.78 is 1.76.